The quantitative estimate of drug-likeness (QED) is 0.0689. The molecule has 6 aliphatic rings. The first-order valence-electron chi connectivity index (χ1n) is 41.0. The van der Waals surface area contributed by atoms with Crippen molar-refractivity contribution in [3.8, 4) is 0 Å². The van der Waals surface area contributed by atoms with E-state index in [-0.39, 0.29) is 219 Å². The molecule has 660 valence electrons. The average Bonchev–Trinajstić information content (AvgIpc) is 0.716. The van der Waals surface area contributed by atoms with Crippen molar-refractivity contribution in [2.75, 3.05) is 0 Å². The van der Waals surface area contributed by atoms with Gasteiger partial charge in [0.05, 0.1) is 0 Å². The van der Waals surface area contributed by atoms with E-state index in [0.717, 1.165) is 0 Å². The number of aliphatic hydroxyl groups excluding tert-OH is 2. The van der Waals surface area contributed by atoms with Crippen LogP contribution in [0.1, 0.15) is 249 Å². The molecule has 0 amide bonds. The molecule has 8 bridgehead atoms. The van der Waals surface area contributed by atoms with Gasteiger partial charge in [0.2, 0.25) is 52.8 Å². The second kappa shape index (κ2) is 49.1. The maximum atomic E-state index is 15.2. The molecule has 2 N–H and O–H groups in total. The molecule has 6 heterocycles. The number of aliphatic hydroxyl groups is 2. The standard InChI is InChI=1S/2C28H63O12Si7.2C3H8O.2C3H7O.2Hf/c2*1-22(2)15-41(29)32-44(18-25(7)8)34-42(30,16-23(3)4)36-46(20-27(11)12)37-43(31,17-24(5)6)35-45(33-41,19-26(9)10)39-47(38-44,40-46)21-28(13)14;4*1-3(2)4;;/h2*22-28H,15-21H2,1-14H3;2*3-4H,1-2H3;2*3H,1-2H3;;/q2*-3;;;2*-1;2*+4. The zero-order valence-corrected chi connectivity index (χ0v) is 97.0. The summed E-state index contributed by atoms with van der Waals surface area (Å²) in [5, 5.41) is 35.2. The van der Waals surface area contributed by atoms with Gasteiger partial charge in [-0.05, 0) is 147 Å². The molecule has 0 aromatic heterocycles. The molecular weight excluding hydrogens is 2010 g/mol. The van der Waals surface area contributed by atoms with E-state index in [9.17, 15) is 10.2 Å². The Morgan fingerprint density at radius 3 is 0.295 bits per heavy atom. The van der Waals surface area contributed by atoms with Gasteiger partial charge in [-0.15, -0.1) is 12.2 Å². The fourth-order valence-corrected chi connectivity index (χ4v) is 89.8. The molecule has 0 saturated carbocycles. The van der Waals surface area contributed by atoms with Gasteiger partial charge >= 0.3 is 122 Å². The van der Waals surface area contributed by atoms with Crippen molar-refractivity contribution in [3.05, 3.63) is 0 Å². The van der Waals surface area contributed by atoms with Gasteiger partial charge in [-0.2, -0.15) is 0 Å². The summed E-state index contributed by atoms with van der Waals surface area (Å²) in [7, 11) is -61.1. The van der Waals surface area contributed by atoms with Crippen LogP contribution in [0.25, 0.3) is 0 Å². The van der Waals surface area contributed by atoms with Crippen LogP contribution in [0.2, 0.25) is 84.6 Å². The largest absolute Gasteiger partial charge is 4.00 e. The van der Waals surface area contributed by atoms with Crippen LogP contribution in [0, 0.1) is 82.9 Å². The molecular formula is C68H156Hf2O28Si14. The summed E-state index contributed by atoms with van der Waals surface area (Å²) in [5.74, 6) is -1.18. The first-order valence-corrected chi connectivity index (χ1v) is 68.1. The predicted molar refractivity (Wildman–Crippen MR) is 440 cm³/mol. The first-order chi connectivity index (χ1) is 49.5. The van der Waals surface area contributed by atoms with Gasteiger partial charge in [-0.1, -0.05) is 222 Å². The summed E-state index contributed by atoms with van der Waals surface area (Å²) in [6.07, 6.45) is -1.17. The normalized spacial score (nSPS) is 34.9. The van der Waals surface area contributed by atoms with E-state index in [2.05, 4.69) is 0 Å². The Morgan fingerprint density at radius 1 is 0.170 bits per heavy atom. The average molecular weight is 2170 g/mol. The van der Waals surface area contributed by atoms with E-state index < -0.39 is 135 Å². The Kier molecular flexibility index (Phi) is 51.6. The van der Waals surface area contributed by atoms with Crippen LogP contribution in [-0.4, -0.2) is 158 Å². The Morgan fingerprint density at radius 2 is 0.232 bits per heavy atom. The summed E-state index contributed by atoms with van der Waals surface area (Å²) >= 11 is 0. The maximum Gasteiger partial charge on any atom is 4.00 e. The van der Waals surface area contributed by atoms with Crippen molar-refractivity contribution >= 4 is 123 Å². The van der Waals surface area contributed by atoms with E-state index in [1.165, 1.54) is 0 Å². The van der Waals surface area contributed by atoms with Crippen LogP contribution in [0.3, 0.4) is 0 Å². The summed E-state index contributed by atoms with van der Waals surface area (Å²) in [6, 6.07) is 1.86. The van der Waals surface area contributed by atoms with Gasteiger partial charge in [-0.3, -0.25) is 0 Å². The van der Waals surface area contributed by atoms with Gasteiger partial charge in [-0.25, -0.2) is 0 Å². The third kappa shape index (κ3) is 43.7. The van der Waals surface area contributed by atoms with Crippen molar-refractivity contribution in [1.29, 1.82) is 0 Å². The van der Waals surface area contributed by atoms with Crippen LogP contribution in [0.4, 0.5) is 0 Å². The monoisotopic (exact) mass is 2170 g/mol. The summed E-state index contributed by atoms with van der Waals surface area (Å²) < 4.78 is 124. The molecule has 44 heteroatoms. The molecule has 6 rings (SSSR count). The summed E-state index contributed by atoms with van der Waals surface area (Å²) in [6.45, 7) is 68.2. The molecule has 28 nitrogen and oxygen atoms in total. The second-order valence-corrected chi connectivity index (χ2v) is 77.6. The van der Waals surface area contributed by atoms with Gasteiger partial charge < -0.3 is 123 Å². The third-order valence-electron chi connectivity index (χ3n) is 14.8. The smallest absolute Gasteiger partial charge is 0.852 e. The van der Waals surface area contributed by atoms with Gasteiger partial charge in [0.1, 0.15) is 0 Å². The maximum absolute atomic E-state index is 15.2. The minimum Gasteiger partial charge on any atom is -0.852 e. The zero-order valence-electron chi connectivity index (χ0n) is 75.8. The van der Waals surface area contributed by atoms with Crippen molar-refractivity contribution in [2.24, 2.45) is 82.9 Å². The van der Waals surface area contributed by atoms with E-state index in [1.807, 2.05) is 194 Å². The molecule has 112 heavy (non-hydrogen) atoms. The molecule has 6 fully saturated rings. The number of rotatable bonds is 28. The first kappa shape index (κ1) is 118. The fraction of sp³-hybridized carbons (Fsp3) is 1.00. The summed E-state index contributed by atoms with van der Waals surface area (Å²) in [5.41, 5.74) is 0. The van der Waals surface area contributed by atoms with Gasteiger partial charge in [0.15, 0.2) is 0 Å². The zero-order chi connectivity index (χ0) is 86.0. The van der Waals surface area contributed by atoms with Crippen molar-refractivity contribution in [2.45, 2.75) is 358 Å². The number of hydrogen-bond acceptors (Lipinski definition) is 28. The van der Waals surface area contributed by atoms with E-state index in [1.54, 1.807) is 55.4 Å². The Balaban J connectivity index is 0. The molecule has 6 aliphatic heterocycles. The number of fused-ring (bicyclic) bond motifs is 6. The molecule has 0 aromatic carbocycles. The fourth-order valence-electron chi connectivity index (χ4n) is 13.4. The minimum absolute atomic E-state index is 0. The van der Waals surface area contributed by atoms with Crippen LogP contribution in [-0.2, 0) is 126 Å². The molecule has 0 aromatic rings. The SMILES string of the molecule is CC(C)C[Si]1([O-])O[Si]2(CC(C)C)O[Si]([O-])(CC(C)C)O[Si]3(CC(C)C)O[Si]([O-])(CC(C)C)O[Si](CC(C)C)(O1)O[Si](CC(C)C)(O2)O3.CC(C)C[Si]1([O-])O[Si]2(CC(C)C)O[Si]([O-])(CC(C)C)O[Si]3(CC(C)C)O[Si]([O-])(CC(C)C)O[Si](CC(C)C)(O1)O[Si](CC(C)C)(O2)O3.CC(C)O.CC(C)O.CC(C)[O-].CC(C)[O-].[Hf+4].[Hf+4]. The van der Waals surface area contributed by atoms with E-state index in [0.29, 0.717) is 12.1 Å². The van der Waals surface area contributed by atoms with Crippen molar-refractivity contribution in [3.63, 3.8) is 0 Å². The molecule has 6 saturated heterocycles. The van der Waals surface area contributed by atoms with Crippen LogP contribution < -0.4 is 39.0 Å². The Bertz CT molecular complexity index is 2150. The van der Waals surface area contributed by atoms with Crippen molar-refractivity contribution < 1.29 is 175 Å². The van der Waals surface area contributed by atoms with Gasteiger partial charge in [0, 0.05) is 60.6 Å². The molecule has 0 aliphatic carbocycles. The Hall–Kier alpha value is 3.66. The van der Waals surface area contributed by atoms with Gasteiger partial charge in [0.25, 0.3) is 0 Å². The molecule has 0 unspecified atom stereocenters. The predicted octanol–water partition coefficient (Wildman–Crippen LogP) is 9.12. The topological polar surface area (TPSA) is 391 Å². The van der Waals surface area contributed by atoms with Crippen LogP contribution in [0.5, 0.6) is 0 Å². The molecule has 0 radical (unpaired) electrons. The minimum atomic E-state index is -4.58. The second-order valence-electron chi connectivity index (χ2n) is 38.1. The van der Waals surface area contributed by atoms with E-state index >= 15 is 28.8 Å². The number of hydrogen-bond donors (Lipinski definition) is 2. The van der Waals surface area contributed by atoms with E-state index in [4.69, 9.17) is 84.3 Å². The van der Waals surface area contributed by atoms with Crippen molar-refractivity contribution in [1.82, 2.24) is 0 Å². The molecule has 0 atom stereocenters. The Labute approximate surface area is 733 Å². The summed E-state index contributed by atoms with van der Waals surface area (Å²) in [4.78, 5) is 91.5. The third-order valence-corrected chi connectivity index (χ3v) is 78.0. The van der Waals surface area contributed by atoms with Crippen LogP contribution >= 0.6 is 0 Å². The molecule has 0 spiro atoms. The van der Waals surface area contributed by atoms with Crippen LogP contribution in [0.15, 0.2) is 0 Å².